The van der Waals surface area contributed by atoms with Crippen LogP contribution in [0.4, 0.5) is 11.6 Å². The molecule has 3 rings (SSSR count). The molecule has 0 spiro atoms. The number of carbonyl (C=O) groups excluding carboxylic acids is 1. The summed E-state index contributed by atoms with van der Waals surface area (Å²) in [6.45, 7) is 8.71. The van der Waals surface area contributed by atoms with E-state index in [0.717, 1.165) is 37.8 Å². The largest absolute Gasteiger partial charge is 0.356 e. The molecule has 0 aliphatic carbocycles. The van der Waals surface area contributed by atoms with Gasteiger partial charge in [-0.25, -0.2) is 0 Å². The Kier molecular flexibility index (Phi) is 4.93. The van der Waals surface area contributed by atoms with Crippen LogP contribution in [0.3, 0.4) is 0 Å². The fraction of sp³-hybridized carbons (Fsp3) is 0.500. The molecule has 0 saturated carbocycles. The maximum atomic E-state index is 12.2. The number of hydrogen-bond donors (Lipinski definition) is 0. The van der Waals surface area contributed by atoms with E-state index in [9.17, 15) is 4.79 Å². The molecule has 8 nitrogen and oxygen atoms in total. The maximum Gasteiger partial charge on any atom is 0.292 e. The standard InChI is InChI=1S/C16H22N6O2/c1-3-20(4-2)14-5-6-15(19-18-14)21-9-11-22(12-10-21)16(23)13-7-8-17-24-13/h5-8H,3-4,9-12H2,1-2H3. The Morgan fingerprint density at radius 1 is 1.12 bits per heavy atom. The molecule has 1 amide bonds. The smallest absolute Gasteiger partial charge is 0.292 e. The zero-order valence-electron chi connectivity index (χ0n) is 14.1. The van der Waals surface area contributed by atoms with Crippen molar-refractivity contribution < 1.29 is 9.32 Å². The van der Waals surface area contributed by atoms with Crippen LogP contribution in [-0.2, 0) is 0 Å². The van der Waals surface area contributed by atoms with Gasteiger partial charge in [-0.1, -0.05) is 5.16 Å². The normalized spacial score (nSPS) is 14.8. The van der Waals surface area contributed by atoms with E-state index in [4.69, 9.17) is 4.52 Å². The van der Waals surface area contributed by atoms with Crippen LogP contribution in [0.2, 0.25) is 0 Å². The summed E-state index contributed by atoms with van der Waals surface area (Å²) in [7, 11) is 0. The molecule has 24 heavy (non-hydrogen) atoms. The summed E-state index contributed by atoms with van der Waals surface area (Å²) in [5, 5.41) is 12.2. The minimum atomic E-state index is -0.116. The molecule has 1 saturated heterocycles. The third kappa shape index (κ3) is 3.32. The third-order valence-corrected chi connectivity index (χ3v) is 4.26. The summed E-state index contributed by atoms with van der Waals surface area (Å²) in [5.74, 6) is 1.91. The number of rotatable bonds is 5. The molecular weight excluding hydrogens is 308 g/mol. The van der Waals surface area contributed by atoms with Gasteiger partial charge in [0.25, 0.3) is 5.91 Å². The summed E-state index contributed by atoms with van der Waals surface area (Å²) < 4.78 is 4.93. The highest BCUT2D eigenvalue weighted by Gasteiger charge is 2.25. The van der Waals surface area contributed by atoms with Gasteiger partial charge in [-0.2, -0.15) is 0 Å². The van der Waals surface area contributed by atoms with Gasteiger partial charge in [0.15, 0.2) is 11.6 Å². The number of carbonyl (C=O) groups is 1. The van der Waals surface area contributed by atoms with Crippen molar-refractivity contribution in [2.75, 3.05) is 49.1 Å². The van der Waals surface area contributed by atoms with Gasteiger partial charge in [0.05, 0.1) is 6.20 Å². The van der Waals surface area contributed by atoms with Crippen LogP contribution in [0.5, 0.6) is 0 Å². The van der Waals surface area contributed by atoms with E-state index in [2.05, 4.69) is 39.0 Å². The monoisotopic (exact) mass is 330 g/mol. The van der Waals surface area contributed by atoms with E-state index >= 15 is 0 Å². The first-order valence-corrected chi connectivity index (χ1v) is 8.26. The Bertz CT molecular complexity index is 646. The lowest BCUT2D eigenvalue weighted by Crippen LogP contribution is -2.49. The highest BCUT2D eigenvalue weighted by molar-refractivity contribution is 5.91. The van der Waals surface area contributed by atoms with Crippen LogP contribution in [0.1, 0.15) is 24.4 Å². The molecule has 0 unspecified atom stereocenters. The zero-order chi connectivity index (χ0) is 16.9. The lowest BCUT2D eigenvalue weighted by molar-refractivity contribution is 0.0704. The molecule has 8 heteroatoms. The second kappa shape index (κ2) is 7.29. The summed E-state index contributed by atoms with van der Waals surface area (Å²) in [6, 6.07) is 5.59. The first-order chi connectivity index (χ1) is 11.7. The first-order valence-electron chi connectivity index (χ1n) is 8.26. The van der Waals surface area contributed by atoms with Gasteiger partial charge in [0.2, 0.25) is 5.76 Å². The fourth-order valence-electron chi connectivity index (χ4n) is 2.82. The number of piperazine rings is 1. The van der Waals surface area contributed by atoms with Crippen molar-refractivity contribution in [3.8, 4) is 0 Å². The summed E-state index contributed by atoms with van der Waals surface area (Å²) in [4.78, 5) is 18.3. The van der Waals surface area contributed by atoms with Crippen LogP contribution in [0, 0.1) is 0 Å². The van der Waals surface area contributed by atoms with E-state index < -0.39 is 0 Å². The number of aromatic nitrogens is 3. The average Bonchev–Trinajstić information content (AvgIpc) is 3.18. The Morgan fingerprint density at radius 2 is 1.88 bits per heavy atom. The van der Waals surface area contributed by atoms with E-state index in [0.29, 0.717) is 13.1 Å². The fourth-order valence-corrected chi connectivity index (χ4v) is 2.82. The molecule has 0 aromatic carbocycles. The van der Waals surface area contributed by atoms with Crippen molar-refractivity contribution in [1.29, 1.82) is 0 Å². The molecule has 0 atom stereocenters. The highest BCUT2D eigenvalue weighted by Crippen LogP contribution is 2.17. The Morgan fingerprint density at radius 3 is 2.42 bits per heavy atom. The van der Waals surface area contributed by atoms with Crippen molar-refractivity contribution in [3.63, 3.8) is 0 Å². The van der Waals surface area contributed by atoms with Gasteiger partial charge in [-0.15, -0.1) is 10.2 Å². The maximum absolute atomic E-state index is 12.2. The van der Waals surface area contributed by atoms with Gasteiger partial charge in [-0.3, -0.25) is 4.79 Å². The molecule has 2 aromatic heterocycles. The van der Waals surface area contributed by atoms with Gasteiger partial charge >= 0.3 is 0 Å². The van der Waals surface area contributed by atoms with Crippen molar-refractivity contribution in [2.24, 2.45) is 0 Å². The minimum absolute atomic E-state index is 0.116. The molecule has 3 heterocycles. The molecule has 0 radical (unpaired) electrons. The van der Waals surface area contributed by atoms with Crippen molar-refractivity contribution in [2.45, 2.75) is 13.8 Å². The lowest BCUT2D eigenvalue weighted by Gasteiger charge is -2.34. The molecule has 1 aliphatic rings. The predicted molar refractivity (Wildman–Crippen MR) is 90.2 cm³/mol. The van der Waals surface area contributed by atoms with E-state index in [1.54, 1.807) is 11.0 Å². The molecule has 2 aromatic rings. The molecule has 0 N–H and O–H groups in total. The highest BCUT2D eigenvalue weighted by atomic mass is 16.5. The van der Waals surface area contributed by atoms with Gasteiger partial charge < -0.3 is 19.2 Å². The summed E-state index contributed by atoms with van der Waals surface area (Å²) >= 11 is 0. The second-order valence-corrected chi connectivity index (χ2v) is 5.58. The van der Waals surface area contributed by atoms with Gasteiger partial charge in [-0.05, 0) is 26.0 Å². The predicted octanol–water partition coefficient (Wildman–Crippen LogP) is 1.27. The zero-order valence-corrected chi connectivity index (χ0v) is 14.1. The Hall–Kier alpha value is -2.64. The molecule has 128 valence electrons. The molecule has 0 bridgehead atoms. The van der Waals surface area contributed by atoms with Crippen LogP contribution in [0.25, 0.3) is 0 Å². The molecular formula is C16H22N6O2. The SMILES string of the molecule is CCN(CC)c1ccc(N2CCN(C(=O)c3ccno3)CC2)nn1. The second-order valence-electron chi connectivity index (χ2n) is 5.58. The van der Waals surface area contributed by atoms with Crippen LogP contribution >= 0.6 is 0 Å². The van der Waals surface area contributed by atoms with E-state index in [1.165, 1.54) is 6.20 Å². The number of hydrogen-bond acceptors (Lipinski definition) is 7. The van der Waals surface area contributed by atoms with Crippen LogP contribution in [-0.4, -0.2) is 65.4 Å². The topological polar surface area (TPSA) is 78.6 Å². The van der Waals surface area contributed by atoms with Crippen molar-refractivity contribution in [3.05, 3.63) is 30.2 Å². The number of amides is 1. The van der Waals surface area contributed by atoms with Crippen molar-refractivity contribution in [1.82, 2.24) is 20.3 Å². The average molecular weight is 330 g/mol. The Labute approximate surface area is 141 Å². The van der Waals surface area contributed by atoms with Gasteiger partial charge in [0.1, 0.15) is 0 Å². The quantitative estimate of drug-likeness (QED) is 0.817. The summed E-state index contributed by atoms with van der Waals surface area (Å²) in [5.41, 5.74) is 0. The third-order valence-electron chi connectivity index (χ3n) is 4.26. The van der Waals surface area contributed by atoms with Crippen LogP contribution < -0.4 is 9.80 Å². The number of anilines is 2. The van der Waals surface area contributed by atoms with E-state index in [-0.39, 0.29) is 11.7 Å². The molecule has 1 fully saturated rings. The van der Waals surface area contributed by atoms with E-state index in [1.807, 2.05) is 12.1 Å². The number of nitrogens with zero attached hydrogens (tertiary/aromatic N) is 6. The van der Waals surface area contributed by atoms with Crippen LogP contribution in [0.15, 0.2) is 28.9 Å². The lowest BCUT2D eigenvalue weighted by atomic mass is 10.3. The Balaban J connectivity index is 1.59. The molecule has 1 aliphatic heterocycles. The summed E-state index contributed by atoms with van der Waals surface area (Å²) in [6.07, 6.45) is 1.48. The first kappa shape index (κ1) is 16.2. The van der Waals surface area contributed by atoms with Crippen molar-refractivity contribution >= 4 is 17.5 Å². The minimum Gasteiger partial charge on any atom is -0.356 e. The van der Waals surface area contributed by atoms with Gasteiger partial charge in [0, 0.05) is 45.3 Å².